The largest absolute Gasteiger partial charge is 0.476 e. The molecule has 0 saturated heterocycles. The average Bonchev–Trinajstić information content (AvgIpc) is 2.64. The Kier molecular flexibility index (Phi) is 5.41. The Morgan fingerprint density at radius 2 is 1.96 bits per heavy atom. The van der Waals surface area contributed by atoms with Gasteiger partial charge in [-0.25, -0.2) is 8.42 Å². The fourth-order valence-corrected chi connectivity index (χ4v) is 3.99. The van der Waals surface area contributed by atoms with Gasteiger partial charge in [0.25, 0.3) is 5.91 Å². The molecule has 1 aliphatic heterocycles. The Labute approximate surface area is 160 Å². The zero-order valence-corrected chi connectivity index (χ0v) is 16.5. The lowest BCUT2D eigenvalue weighted by Gasteiger charge is -2.34. The molecule has 7 heteroatoms. The number of nitrogens with one attached hydrogen (secondary N) is 1. The monoisotopic (exact) mass is 388 g/mol. The van der Waals surface area contributed by atoms with Crippen LogP contribution in [0.5, 0.6) is 5.75 Å². The predicted octanol–water partition coefficient (Wildman–Crippen LogP) is 2.44. The first kappa shape index (κ1) is 19.2. The maximum absolute atomic E-state index is 12.6. The molecule has 6 nitrogen and oxygen atoms in total. The molecule has 1 aliphatic rings. The quantitative estimate of drug-likeness (QED) is 0.854. The molecule has 0 saturated carbocycles. The Morgan fingerprint density at radius 3 is 2.63 bits per heavy atom. The maximum Gasteiger partial charge on any atom is 0.263 e. The van der Waals surface area contributed by atoms with Gasteiger partial charge in [-0.2, -0.15) is 0 Å². The van der Waals surface area contributed by atoms with Crippen LogP contribution >= 0.6 is 0 Å². The highest BCUT2D eigenvalue weighted by molar-refractivity contribution is 7.92. The Bertz CT molecular complexity index is 928. The van der Waals surface area contributed by atoms with E-state index in [1.807, 2.05) is 50.2 Å². The molecule has 0 aliphatic carbocycles. The summed E-state index contributed by atoms with van der Waals surface area (Å²) in [5.41, 5.74) is 2.52. The Hall–Kier alpha value is -2.54. The van der Waals surface area contributed by atoms with Gasteiger partial charge in [0.2, 0.25) is 10.0 Å². The van der Waals surface area contributed by atoms with Gasteiger partial charge < -0.3 is 10.1 Å². The molecular weight excluding hydrogens is 364 g/mol. The molecule has 27 heavy (non-hydrogen) atoms. The summed E-state index contributed by atoms with van der Waals surface area (Å²) in [4.78, 5) is 12.6. The van der Waals surface area contributed by atoms with E-state index in [0.717, 1.165) is 17.4 Å². The summed E-state index contributed by atoms with van der Waals surface area (Å²) in [5, 5.41) is 2.88. The Balaban J connectivity index is 1.73. The van der Waals surface area contributed by atoms with Crippen LogP contribution in [0.4, 0.5) is 5.69 Å². The van der Waals surface area contributed by atoms with E-state index in [1.54, 1.807) is 12.1 Å². The van der Waals surface area contributed by atoms with Crippen LogP contribution in [0.3, 0.4) is 0 Å². The summed E-state index contributed by atoms with van der Waals surface area (Å²) in [7, 11) is -3.52. The van der Waals surface area contributed by atoms with Crippen molar-refractivity contribution < 1.29 is 17.9 Å². The van der Waals surface area contributed by atoms with Gasteiger partial charge in [-0.1, -0.05) is 43.3 Å². The number of hydrogen-bond donors (Lipinski definition) is 1. The number of carbonyl (C=O) groups excluding carboxylic acids is 1. The van der Waals surface area contributed by atoms with Gasteiger partial charge in [0.05, 0.1) is 18.5 Å². The summed E-state index contributed by atoms with van der Waals surface area (Å²) < 4.78 is 31.5. The van der Waals surface area contributed by atoms with E-state index in [-0.39, 0.29) is 18.4 Å². The number of anilines is 1. The van der Waals surface area contributed by atoms with Crippen LogP contribution in [0.2, 0.25) is 0 Å². The Morgan fingerprint density at radius 1 is 1.26 bits per heavy atom. The molecule has 144 valence electrons. The third kappa shape index (κ3) is 4.42. The van der Waals surface area contributed by atoms with Crippen molar-refractivity contribution in [1.82, 2.24) is 5.32 Å². The summed E-state index contributed by atoms with van der Waals surface area (Å²) in [5.74, 6) is 0.214. The predicted molar refractivity (Wildman–Crippen MR) is 106 cm³/mol. The van der Waals surface area contributed by atoms with Gasteiger partial charge in [0.1, 0.15) is 5.75 Å². The highest BCUT2D eigenvalue weighted by Crippen LogP contribution is 2.35. The number of carbonyl (C=O) groups is 1. The summed E-state index contributed by atoms with van der Waals surface area (Å²) >= 11 is 0. The van der Waals surface area contributed by atoms with Gasteiger partial charge >= 0.3 is 0 Å². The molecule has 0 aromatic heterocycles. The van der Waals surface area contributed by atoms with E-state index >= 15 is 0 Å². The topological polar surface area (TPSA) is 75.7 Å². The molecule has 1 heterocycles. The summed E-state index contributed by atoms with van der Waals surface area (Å²) in [6.07, 6.45) is 0.245. The summed E-state index contributed by atoms with van der Waals surface area (Å²) in [6, 6.07) is 15.2. The second-order valence-corrected chi connectivity index (χ2v) is 8.84. The van der Waals surface area contributed by atoms with Gasteiger partial charge in [0.15, 0.2) is 6.10 Å². The maximum atomic E-state index is 12.6. The SMILES string of the molecule is Cc1ccc2c(c1)N(S(C)(=O)=O)C[C@@H](C(=O)NC[C@@H](C)c1ccccc1)O2. The number of nitrogens with zero attached hydrogens (tertiary/aromatic N) is 1. The molecule has 2 atom stereocenters. The number of amides is 1. The van der Waals surface area contributed by atoms with E-state index in [4.69, 9.17) is 4.74 Å². The first-order chi connectivity index (χ1) is 12.8. The normalized spacial score (nSPS) is 17.6. The van der Waals surface area contributed by atoms with Crippen LogP contribution in [0, 0.1) is 6.92 Å². The number of hydrogen-bond acceptors (Lipinski definition) is 4. The van der Waals surface area contributed by atoms with Crippen molar-refractivity contribution in [2.45, 2.75) is 25.9 Å². The third-order valence-corrected chi connectivity index (χ3v) is 5.77. The van der Waals surface area contributed by atoms with Crippen LogP contribution in [0.15, 0.2) is 48.5 Å². The van der Waals surface area contributed by atoms with Crippen molar-refractivity contribution in [3.05, 3.63) is 59.7 Å². The van der Waals surface area contributed by atoms with Gasteiger partial charge in [-0.15, -0.1) is 0 Å². The minimum Gasteiger partial charge on any atom is -0.476 e. The van der Waals surface area contributed by atoms with Gasteiger partial charge in [-0.05, 0) is 36.1 Å². The highest BCUT2D eigenvalue weighted by atomic mass is 32.2. The number of sulfonamides is 1. The van der Waals surface area contributed by atoms with Crippen LogP contribution < -0.4 is 14.4 Å². The zero-order chi connectivity index (χ0) is 19.6. The van der Waals surface area contributed by atoms with E-state index in [0.29, 0.717) is 18.0 Å². The second-order valence-electron chi connectivity index (χ2n) is 6.93. The highest BCUT2D eigenvalue weighted by Gasteiger charge is 2.35. The number of aryl methyl sites for hydroxylation is 1. The third-order valence-electron chi connectivity index (χ3n) is 4.63. The molecule has 2 aromatic carbocycles. The van der Waals surface area contributed by atoms with Crippen molar-refractivity contribution in [2.75, 3.05) is 23.7 Å². The second kappa shape index (κ2) is 7.60. The van der Waals surface area contributed by atoms with E-state index in [2.05, 4.69) is 5.32 Å². The first-order valence-corrected chi connectivity index (χ1v) is 10.7. The van der Waals surface area contributed by atoms with Crippen molar-refractivity contribution in [3.63, 3.8) is 0 Å². The standard InChI is InChI=1S/C20H24N2O4S/c1-14-9-10-18-17(11-14)22(27(3,24)25)13-19(26-18)20(23)21-12-15(2)16-7-5-4-6-8-16/h4-11,15,19H,12-13H2,1-3H3,(H,21,23)/t15-,19+/m1/s1. The van der Waals surface area contributed by atoms with Crippen molar-refractivity contribution in [1.29, 1.82) is 0 Å². The fourth-order valence-electron chi connectivity index (χ4n) is 3.08. The van der Waals surface area contributed by atoms with E-state index < -0.39 is 16.1 Å². The number of benzene rings is 2. The molecular formula is C20H24N2O4S. The van der Waals surface area contributed by atoms with Gasteiger partial charge in [-0.3, -0.25) is 9.10 Å². The molecule has 1 amide bonds. The van der Waals surface area contributed by atoms with Crippen LogP contribution in [-0.2, 0) is 14.8 Å². The number of ether oxygens (including phenoxy) is 1. The van der Waals surface area contributed by atoms with Crippen LogP contribution in [-0.4, -0.2) is 39.8 Å². The lowest BCUT2D eigenvalue weighted by Crippen LogP contribution is -2.51. The fraction of sp³-hybridized carbons (Fsp3) is 0.350. The minimum atomic E-state index is -3.52. The van der Waals surface area contributed by atoms with Crippen LogP contribution in [0.1, 0.15) is 24.0 Å². The molecule has 0 unspecified atom stereocenters. The smallest absolute Gasteiger partial charge is 0.263 e. The van der Waals surface area contributed by atoms with Crippen molar-refractivity contribution >= 4 is 21.6 Å². The first-order valence-electron chi connectivity index (χ1n) is 8.83. The molecule has 0 fully saturated rings. The van der Waals surface area contributed by atoms with Crippen LogP contribution in [0.25, 0.3) is 0 Å². The lowest BCUT2D eigenvalue weighted by atomic mass is 10.0. The van der Waals surface area contributed by atoms with E-state index in [9.17, 15) is 13.2 Å². The average molecular weight is 388 g/mol. The molecule has 3 rings (SSSR count). The zero-order valence-electron chi connectivity index (χ0n) is 15.7. The molecule has 1 N–H and O–H groups in total. The lowest BCUT2D eigenvalue weighted by molar-refractivity contribution is -0.127. The number of rotatable bonds is 5. The molecule has 0 spiro atoms. The molecule has 0 radical (unpaired) electrons. The number of fused-ring (bicyclic) bond motifs is 1. The van der Waals surface area contributed by atoms with Gasteiger partial charge in [0, 0.05) is 6.54 Å². The minimum absolute atomic E-state index is 0.0408. The van der Waals surface area contributed by atoms with Crippen molar-refractivity contribution in [3.8, 4) is 5.75 Å². The molecule has 0 bridgehead atoms. The molecule has 2 aromatic rings. The summed E-state index contributed by atoms with van der Waals surface area (Å²) in [6.45, 7) is 4.31. The van der Waals surface area contributed by atoms with Crippen molar-refractivity contribution in [2.24, 2.45) is 0 Å². The van der Waals surface area contributed by atoms with E-state index in [1.165, 1.54) is 4.31 Å².